The van der Waals surface area contributed by atoms with Gasteiger partial charge in [-0.1, -0.05) is 6.58 Å². The average molecular weight is 960 g/mol. The summed E-state index contributed by atoms with van der Waals surface area (Å²) in [7, 11) is 0. The molecule has 0 fully saturated rings. The Labute approximate surface area is 380 Å². The number of carbonyl (C=O) groups is 14. The van der Waals surface area contributed by atoms with Gasteiger partial charge in [0.15, 0.2) is 0 Å². The zero-order chi connectivity index (χ0) is 51.9. The Morgan fingerprint density at radius 2 is 0.701 bits per heavy atom. The number of hydrogen-bond acceptors (Lipinski definition) is 16. The summed E-state index contributed by atoms with van der Waals surface area (Å²) in [6.07, 6.45) is -6.85. The number of amides is 10. The van der Waals surface area contributed by atoms with Gasteiger partial charge >= 0.3 is 23.9 Å². The van der Waals surface area contributed by atoms with Gasteiger partial charge in [-0.15, -0.1) is 0 Å². The maximum atomic E-state index is 13.4. The van der Waals surface area contributed by atoms with Gasteiger partial charge in [0.05, 0.1) is 24.6 Å². The predicted octanol–water partition coefficient (Wildman–Crippen LogP) is -6.86. The van der Waals surface area contributed by atoms with Crippen LogP contribution >= 0.6 is 0 Å². The van der Waals surface area contributed by atoms with Gasteiger partial charge in [-0.05, 0) is 40.0 Å². The zero-order valence-corrected chi connectivity index (χ0v) is 36.5. The Kier molecular flexibility index (Phi) is 25.4. The van der Waals surface area contributed by atoms with Crippen molar-refractivity contribution in [2.24, 2.45) is 17.2 Å². The van der Waals surface area contributed by atoms with Crippen LogP contribution in [0.15, 0.2) is 12.3 Å². The van der Waals surface area contributed by atoms with Crippen molar-refractivity contribution in [1.29, 1.82) is 0 Å². The van der Waals surface area contributed by atoms with E-state index in [1.807, 2.05) is 5.32 Å². The van der Waals surface area contributed by atoms with Gasteiger partial charge in [0, 0.05) is 25.7 Å². The maximum absolute atomic E-state index is 13.4. The monoisotopic (exact) mass is 959 g/mol. The molecule has 0 heterocycles. The number of carboxylic acid groups (broad SMARTS) is 4. The fourth-order valence-corrected chi connectivity index (χ4v) is 5.30. The highest BCUT2D eigenvalue weighted by atomic mass is 16.4. The molecule has 374 valence electrons. The fraction of sp³-hybridized carbons (Fsp3) is 0.568. The second-order valence-electron chi connectivity index (χ2n) is 14.9. The maximum Gasteiger partial charge on any atom is 0.305 e. The summed E-state index contributed by atoms with van der Waals surface area (Å²) >= 11 is 0. The highest BCUT2D eigenvalue weighted by molar-refractivity contribution is 6.00. The number of hydrogen-bond donors (Lipinski definition) is 16. The summed E-state index contributed by atoms with van der Waals surface area (Å²) in [5.74, 6) is -18.6. The van der Waals surface area contributed by atoms with Crippen LogP contribution in [0.5, 0.6) is 0 Å². The molecule has 67 heavy (non-hydrogen) atoms. The third-order valence-electron chi connectivity index (χ3n) is 8.91. The molecule has 0 aromatic carbocycles. The first-order valence-electron chi connectivity index (χ1n) is 20.0. The molecule has 30 nitrogen and oxygen atoms in total. The van der Waals surface area contributed by atoms with Crippen LogP contribution in [0, 0.1) is 0 Å². The van der Waals surface area contributed by atoms with E-state index in [-0.39, 0.29) is 0 Å². The second kappa shape index (κ2) is 28.8. The van der Waals surface area contributed by atoms with E-state index in [0.717, 1.165) is 6.92 Å². The molecular weight excluding hydrogens is 902 g/mol. The number of nitrogens with two attached hydrogens (primary N) is 3. The van der Waals surface area contributed by atoms with E-state index >= 15 is 0 Å². The highest BCUT2D eigenvalue weighted by Crippen LogP contribution is 2.08. The summed E-state index contributed by atoms with van der Waals surface area (Å²) < 4.78 is 0. The number of primary amides is 2. The van der Waals surface area contributed by atoms with Crippen LogP contribution in [0.25, 0.3) is 0 Å². The van der Waals surface area contributed by atoms with Crippen molar-refractivity contribution < 1.29 is 92.7 Å². The first-order chi connectivity index (χ1) is 30.9. The van der Waals surface area contributed by atoms with Crippen LogP contribution < -0.4 is 59.7 Å². The Balaban J connectivity index is 6.38. The molecular formula is C37H57N11O19. The molecule has 0 saturated heterocycles. The molecule has 0 rings (SSSR count). The van der Waals surface area contributed by atoms with E-state index < -0.39 is 201 Å². The summed E-state index contributed by atoms with van der Waals surface area (Å²) in [4.78, 5) is 174. The molecule has 0 aromatic heterocycles. The minimum absolute atomic E-state index is 0.493. The van der Waals surface area contributed by atoms with E-state index in [2.05, 4.69) is 43.8 Å². The van der Waals surface area contributed by atoms with Gasteiger partial charge in [-0.3, -0.25) is 67.1 Å². The van der Waals surface area contributed by atoms with Gasteiger partial charge < -0.3 is 85.3 Å². The minimum atomic E-state index is -2.08. The largest absolute Gasteiger partial charge is 0.513 e. The zero-order valence-electron chi connectivity index (χ0n) is 36.5. The van der Waals surface area contributed by atoms with E-state index in [9.17, 15) is 82.4 Å². The summed E-state index contributed by atoms with van der Waals surface area (Å²) in [5, 5.41) is 63.7. The number of aliphatic carboxylic acids is 4. The Bertz CT molecular complexity index is 1930. The number of carbonyl (C=O) groups excluding carboxylic acids is 10. The molecule has 19 N–H and O–H groups in total. The number of rotatable bonds is 32. The molecule has 0 aromatic rings. The first-order valence-corrected chi connectivity index (χ1v) is 20.0. The smallest absolute Gasteiger partial charge is 0.305 e. The molecule has 0 aliphatic rings. The topological polar surface area (TPSA) is 514 Å². The van der Waals surface area contributed by atoms with Crippen LogP contribution in [0.1, 0.15) is 78.6 Å². The number of aliphatic hydroxyl groups excluding tert-OH is 1. The molecule has 0 saturated carbocycles. The van der Waals surface area contributed by atoms with E-state index in [4.69, 9.17) is 27.4 Å². The molecule has 10 amide bonds. The van der Waals surface area contributed by atoms with Crippen LogP contribution in [0.2, 0.25) is 0 Å². The minimum Gasteiger partial charge on any atom is -0.513 e. The Morgan fingerprint density at radius 1 is 0.403 bits per heavy atom. The second-order valence-corrected chi connectivity index (χ2v) is 14.9. The van der Waals surface area contributed by atoms with Crippen LogP contribution in [0.4, 0.5) is 0 Å². The van der Waals surface area contributed by atoms with Gasteiger partial charge in [0.2, 0.25) is 59.1 Å². The van der Waals surface area contributed by atoms with Crippen molar-refractivity contribution in [2.45, 2.75) is 133 Å². The highest BCUT2D eigenvalue weighted by Gasteiger charge is 2.35. The summed E-state index contributed by atoms with van der Waals surface area (Å²) in [6.45, 7) is 6.65. The van der Waals surface area contributed by atoms with Crippen LogP contribution in [-0.4, -0.2) is 163 Å². The van der Waals surface area contributed by atoms with Crippen molar-refractivity contribution >= 4 is 82.9 Å². The van der Waals surface area contributed by atoms with Gasteiger partial charge in [0.25, 0.3) is 0 Å². The van der Waals surface area contributed by atoms with Crippen molar-refractivity contribution in [3.8, 4) is 0 Å². The lowest BCUT2D eigenvalue weighted by Crippen LogP contribution is -2.60. The normalized spacial score (nSPS) is 14.7. The lowest BCUT2D eigenvalue weighted by atomic mass is 10.1. The number of nitrogens with one attached hydrogen (secondary N) is 8. The predicted molar refractivity (Wildman–Crippen MR) is 223 cm³/mol. The molecule has 0 radical (unpaired) electrons. The summed E-state index contributed by atoms with van der Waals surface area (Å²) in [5.41, 5.74) is 15.9. The number of carboxylic acids is 4. The molecule has 30 heteroatoms. The van der Waals surface area contributed by atoms with E-state index in [1.165, 1.54) is 13.8 Å². The molecule has 5 unspecified atom stereocenters. The Hall–Kier alpha value is -7.92. The first kappa shape index (κ1) is 59.1. The molecule has 0 aliphatic heterocycles. The van der Waals surface area contributed by atoms with Crippen molar-refractivity contribution in [3.05, 3.63) is 12.3 Å². The SMILES string of the molecule is C=C(O)CC(NC(=O)[C@@H](CCC(=O)O)NC(=O)C(C)N)C(=O)N[C@H](CC(N)=O)C(=O)NC(C)C(=O)N[C@H](CC(=O)O)C(=O)NC(CCC(=O)O)C(=O)N[C@H](CCC(=O)O)C(=O)NC(C)C(N)=O. The standard InChI is InChI=1S/C37H57N11O19/c1-14(49)11-21(47-34(64)19(6-9-26(53)54)43-30(60)15(2)38)36(66)48-22(12-24(39)50)35(65)42-17(4)31(61)46-23(13-28(57)58)37(67)45-20(7-10-27(55)56)33(63)44-18(5-8-25(51)52)32(62)41-16(3)29(40)59/h15-23,49H,1,5-13,38H2,2-4H3,(H2,39,50)(H2,40,59)(H,41,62)(H,42,65)(H,43,60)(H,44,63)(H,45,67)(H,46,61)(H,47,64)(H,48,66)(H,51,52)(H,53,54)(H,55,56)(H,57,58)/t15?,16?,17?,18-,19-,20?,21?,22-,23-/m1/s1. The van der Waals surface area contributed by atoms with E-state index in [1.54, 1.807) is 0 Å². The third-order valence-corrected chi connectivity index (χ3v) is 8.91. The third kappa shape index (κ3) is 24.1. The molecule has 0 aliphatic carbocycles. The van der Waals surface area contributed by atoms with Crippen molar-refractivity contribution in [3.63, 3.8) is 0 Å². The van der Waals surface area contributed by atoms with Gasteiger partial charge in [-0.25, -0.2) is 0 Å². The fourth-order valence-electron chi connectivity index (χ4n) is 5.30. The summed E-state index contributed by atoms with van der Waals surface area (Å²) in [6, 6.07) is -15.2. The average Bonchev–Trinajstić information content (AvgIpc) is 3.20. The Morgan fingerprint density at radius 3 is 1.04 bits per heavy atom. The van der Waals surface area contributed by atoms with Crippen molar-refractivity contribution in [2.75, 3.05) is 0 Å². The lowest BCUT2D eigenvalue weighted by Gasteiger charge is -2.26. The van der Waals surface area contributed by atoms with Crippen LogP contribution in [0.3, 0.4) is 0 Å². The molecule has 0 bridgehead atoms. The number of aliphatic hydroxyl groups is 1. The lowest BCUT2D eigenvalue weighted by molar-refractivity contribution is -0.142. The van der Waals surface area contributed by atoms with Gasteiger partial charge in [-0.2, -0.15) is 0 Å². The van der Waals surface area contributed by atoms with Gasteiger partial charge in [0.1, 0.15) is 48.3 Å². The molecule has 0 spiro atoms. The van der Waals surface area contributed by atoms with E-state index in [0.29, 0.717) is 0 Å². The quantitative estimate of drug-likeness (QED) is 0.0279. The van der Waals surface area contributed by atoms with Crippen molar-refractivity contribution in [1.82, 2.24) is 42.5 Å². The molecule has 9 atom stereocenters. The van der Waals surface area contributed by atoms with Crippen LogP contribution in [-0.2, 0) is 67.1 Å².